The molecule has 0 aliphatic rings. The van der Waals surface area contributed by atoms with Crippen molar-refractivity contribution < 1.29 is 0 Å². The lowest BCUT2D eigenvalue weighted by Gasteiger charge is -2.29. The van der Waals surface area contributed by atoms with Crippen molar-refractivity contribution in [3.8, 4) is 22.3 Å². The summed E-state index contributed by atoms with van der Waals surface area (Å²) >= 11 is 1.87. The summed E-state index contributed by atoms with van der Waals surface area (Å²) in [6.07, 6.45) is 0. The second-order valence-corrected chi connectivity index (χ2v) is 15.2. The van der Waals surface area contributed by atoms with Gasteiger partial charge >= 0.3 is 0 Å². The zero-order chi connectivity index (χ0) is 35.6. The summed E-state index contributed by atoms with van der Waals surface area (Å²) in [5.74, 6) is 0. The Labute approximate surface area is 317 Å². The molecule has 2 heteroatoms. The Morgan fingerprint density at radius 1 is 0.278 bits per heavy atom. The van der Waals surface area contributed by atoms with Crippen LogP contribution in [0.15, 0.2) is 200 Å². The Kier molecular flexibility index (Phi) is 7.11. The maximum atomic E-state index is 2.45. The predicted octanol–water partition coefficient (Wildman–Crippen LogP) is 15.5. The highest BCUT2D eigenvalue weighted by Gasteiger charge is 2.21. The maximum Gasteiger partial charge on any atom is 0.0540 e. The molecular weight excluding hydrogens is 671 g/mol. The molecule has 10 aromatic carbocycles. The number of fused-ring (bicyclic) bond motifs is 8. The number of nitrogens with zero attached hydrogens (tertiary/aromatic N) is 1. The van der Waals surface area contributed by atoms with Gasteiger partial charge in [0.2, 0.25) is 0 Å². The van der Waals surface area contributed by atoms with Gasteiger partial charge in [0.1, 0.15) is 0 Å². The molecule has 0 atom stereocenters. The first-order valence-electron chi connectivity index (χ1n) is 18.5. The summed E-state index contributed by atoms with van der Waals surface area (Å²) in [6, 6.07) is 73.7. The van der Waals surface area contributed by atoms with Gasteiger partial charge in [-0.1, -0.05) is 146 Å². The minimum absolute atomic E-state index is 1.12. The van der Waals surface area contributed by atoms with Gasteiger partial charge in [0.25, 0.3) is 0 Å². The molecule has 0 amide bonds. The molecule has 54 heavy (non-hydrogen) atoms. The summed E-state index contributed by atoms with van der Waals surface area (Å²) in [7, 11) is 0. The molecular formula is C52H33NS. The van der Waals surface area contributed by atoms with Crippen LogP contribution in [0.2, 0.25) is 0 Å². The second kappa shape index (κ2) is 12.4. The van der Waals surface area contributed by atoms with Crippen molar-refractivity contribution in [2.24, 2.45) is 0 Å². The van der Waals surface area contributed by atoms with Crippen molar-refractivity contribution in [1.29, 1.82) is 0 Å². The van der Waals surface area contributed by atoms with E-state index in [2.05, 4.69) is 205 Å². The predicted molar refractivity (Wildman–Crippen MR) is 235 cm³/mol. The van der Waals surface area contributed by atoms with Gasteiger partial charge in [-0.2, -0.15) is 0 Å². The molecule has 0 radical (unpaired) electrons. The van der Waals surface area contributed by atoms with Crippen molar-refractivity contribution >= 4 is 91.7 Å². The normalized spacial score (nSPS) is 11.7. The Morgan fingerprint density at radius 2 is 0.833 bits per heavy atom. The van der Waals surface area contributed by atoms with E-state index in [0.717, 1.165) is 17.1 Å². The van der Waals surface area contributed by atoms with E-state index in [9.17, 15) is 0 Å². The van der Waals surface area contributed by atoms with E-state index >= 15 is 0 Å². The average Bonchev–Trinajstić information content (AvgIpc) is 3.60. The van der Waals surface area contributed by atoms with Crippen molar-refractivity contribution in [1.82, 2.24) is 0 Å². The highest BCUT2D eigenvalue weighted by Crippen LogP contribution is 2.47. The van der Waals surface area contributed by atoms with Crippen LogP contribution >= 0.6 is 11.3 Å². The number of rotatable bonds is 5. The number of hydrogen-bond donors (Lipinski definition) is 0. The summed E-state index contributed by atoms with van der Waals surface area (Å²) in [6.45, 7) is 0. The number of hydrogen-bond acceptors (Lipinski definition) is 2. The Hall–Kier alpha value is -6.74. The van der Waals surface area contributed by atoms with Crippen LogP contribution in [0, 0.1) is 0 Å². The Balaban J connectivity index is 1.15. The van der Waals surface area contributed by atoms with E-state index in [1.54, 1.807) is 0 Å². The van der Waals surface area contributed by atoms with Crippen molar-refractivity contribution in [3.63, 3.8) is 0 Å². The molecule has 0 N–H and O–H groups in total. The molecule has 0 fully saturated rings. The molecule has 0 spiro atoms. The third kappa shape index (κ3) is 4.99. The third-order valence-electron chi connectivity index (χ3n) is 11.0. The smallest absolute Gasteiger partial charge is 0.0540 e. The number of anilines is 3. The fourth-order valence-corrected chi connectivity index (χ4v) is 9.60. The number of thiophene rings is 1. The van der Waals surface area contributed by atoms with Gasteiger partial charge in [-0.05, 0) is 114 Å². The first-order valence-corrected chi connectivity index (χ1v) is 19.3. The van der Waals surface area contributed by atoms with Crippen LogP contribution in [0.1, 0.15) is 0 Å². The highest BCUT2D eigenvalue weighted by molar-refractivity contribution is 7.25. The van der Waals surface area contributed by atoms with Crippen LogP contribution in [-0.2, 0) is 0 Å². The molecule has 11 rings (SSSR count). The third-order valence-corrected chi connectivity index (χ3v) is 12.1. The fraction of sp³-hybridized carbons (Fsp3) is 0. The first kappa shape index (κ1) is 30.8. The monoisotopic (exact) mass is 703 g/mol. The van der Waals surface area contributed by atoms with E-state index in [4.69, 9.17) is 0 Å². The number of para-hydroxylation sites is 1. The SMILES string of the molecule is c1ccc(-c2cc3ccccc3c3ccccc23)c(-c2ccccc2N(c2ccc3ccccc3c2)c2ccc3cc4sc5ccccc5c4cc3c2)c1. The van der Waals surface area contributed by atoms with E-state index in [1.807, 2.05) is 11.3 Å². The van der Waals surface area contributed by atoms with Gasteiger partial charge in [-0.25, -0.2) is 0 Å². The van der Waals surface area contributed by atoms with Crippen molar-refractivity contribution in [2.75, 3.05) is 4.90 Å². The molecule has 11 aromatic rings. The standard InChI is InChI=1S/C52H33NS/c1-2-14-35-29-39(27-25-34(35)13-1)53(40-28-26-36-33-52-49(32-38(36)30-40)47-22-10-12-24-51(47)54-52)50-23-11-9-21-46(50)43-18-6-8-20-45(43)48-31-37-15-3-4-16-41(37)42-17-5-7-19-44(42)48/h1-33H. The highest BCUT2D eigenvalue weighted by atomic mass is 32.1. The molecule has 1 nitrogen and oxygen atoms in total. The first-order chi connectivity index (χ1) is 26.8. The second-order valence-electron chi connectivity index (χ2n) is 14.1. The molecule has 1 heterocycles. The van der Waals surface area contributed by atoms with Crippen LogP contribution in [0.5, 0.6) is 0 Å². The molecule has 0 aliphatic carbocycles. The van der Waals surface area contributed by atoms with Gasteiger partial charge < -0.3 is 4.90 Å². The largest absolute Gasteiger partial charge is 0.310 e. The van der Waals surface area contributed by atoms with E-state index < -0.39 is 0 Å². The quantitative estimate of drug-likeness (QED) is 0.161. The van der Waals surface area contributed by atoms with Crippen LogP contribution in [0.25, 0.3) is 85.5 Å². The molecule has 0 aliphatic heterocycles. The van der Waals surface area contributed by atoms with Gasteiger partial charge in [0.15, 0.2) is 0 Å². The Morgan fingerprint density at radius 3 is 1.65 bits per heavy atom. The lowest BCUT2D eigenvalue weighted by Crippen LogP contribution is -2.11. The summed E-state index contributed by atoms with van der Waals surface area (Å²) in [4.78, 5) is 2.45. The number of benzene rings is 10. The van der Waals surface area contributed by atoms with E-state index in [0.29, 0.717) is 0 Å². The fourth-order valence-electron chi connectivity index (χ4n) is 8.46. The Bertz CT molecular complexity index is 3240. The lowest BCUT2D eigenvalue weighted by atomic mass is 9.88. The lowest BCUT2D eigenvalue weighted by molar-refractivity contribution is 1.29. The molecule has 252 valence electrons. The van der Waals surface area contributed by atoms with E-state index in [-0.39, 0.29) is 0 Å². The zero-order valence-electron chi connectivity index (χ0n) is 29.4. The molecule has 0 bridgehead atoms. The van der Waals surface area contributed by atoms with Crippen LogP contribution < -0.4 is 4.90 Å². The summed E-state index contributed by atoms with van der Waals surface area (Å²) in [5.41, 5.74) is 8.21. The summed E-state index contributed by atoms with van der Waals surface area (Å²) < 4.78 is 2.65. The van der Waals surface area contributed by atoms with Crippen LogP contribution in [-0.4, -0.2) is 0 Å². The van der Waals surface area contributed by atoms with Gasteiger partial charge in [0, 0.05) is 37.1 Å². The van der Waals surface area contributed by atoms with Gasteiger partial charge in [0.05, 0.1) is 5.69 Å². The van der Waals surface area contributed by atoms with E-state index in [1.165, 1.54) is 85.5 Å². The maximum absolute atomic E-state index is 2.45. The minimum atomic E-state index is 1.12. The van der Waals surface area contributed by atoms with Crippen LogP contribution in [0.4, 0.5) is 17.1 Å². The molecule has 0 saturated heterocycles. The summed E-state index contributed by atoms with van der Waals surface area (Å²) in [5, 5.41) is 12.6. The molecule has 0 saturated carbocycles. The van der Waals surface area contributed by atoms with Crippen LogP contribution in [0.3, 0.4) is 0 Å². The van der Waals surface area contributed by atoms with Crippen molar-refractivity contribution in [3.05, 3.63) is 200 Å². The molecule has 1 aromatic heterocycles. The average molecular weight is 704 g/mol. The van der Waals surface area contributed by atoms with Crippen molar-refractivity contribution in [2.45, 2.75) is 0 Å². The van der Waals surface area contributed by atoms with Gasteiger partial charge in [-0.15, -0.1) is 11.3 Å². The molecule has 0 unspecified atom stereocenters. The minimum Gasteiger partial charge on any atom is -0.310 e. The van der Waals surface area contributed by atoms with Gasteiger partial charge in [-0.3, -0.25) is 0 Å². The zero-order valence-corrected chi connectivity index (χ0v) is 30.2. The topological polar surface area (TPSA) is 3.24 Å².